The van der Waals surface area contributed by atoms with Gasteiger partial charge in [0.15, 0.2) is 17.1 Å². The third kappa shape index (κ3) is 9.76. The highest BCUT2D eigenvalue weighted by atomic mass is 35.5. The summed E-state index contributed by atoms with van der Waals surface area (Å²) in [5, 5.41) is 0.775. The number of Topliss-reactive ketones (excluding diaryl/α,β-unsaturated/α-hetero) is 3. The van der Waals surface area contributed by atoms with Crippen LogP contribution in [0.15, 0.2) is 65.7 Å². The number of hydrogen-bond donors (Lipinski definition) is 5. The van der Waals surface area contributed by atoms with Gasteiger partial charge in [-0.2, -0.15) is 0 Å². The summed E-state index contributed by atoms with van der Waals surface area (Å²) in [6.45, 7) is 0.248. The van der Waals surface area contributed by atoms with E-state index in [0.29, 0.717) is 12.0 Å². The number of alkyl halides is 1. The molecule has 10 nitrogen and oxygen atoms in total. The highest BCUT2D eigenvalue weighted by molar-refractivity contribution is 6.57. The Morgan fingerprint density at radius 3 is 1.89 bits per heavy atom. The molecule has 1 unspecified atom stereocenters. The van der Waals surface area contributed by atoms with Crippen LogP contribution in [0, 0.1) is 0 Å². The number of guanidine groups is 1. The summed E-state index contributed by atoms with van der Waals surface area (Å²) < 4.78 is 0. The molecule has 0 aliphatic carbocycles. The summed E-state index contributed by atoms with van der Waals surface area (Å²) in [5.74, 6) is -3.66. The molecular weight excluding hydrogens is 496 g/mol. The lowest BCUT2D eigenvalue weighted by Gasteiger charge is -2.21. The predicted molar refractivity (Wildman–Crippen MR) is 143 cm³/mol. The largest absolute Gasteiger partial charge is 0.370 e. The van der Waals surface area contributed by atoms with Crippen molar-refractivity contribution in [3.8, 4) is 0 Å². The van der Waals surface area contributed by atoms with Gasteiger partial charge in [-0.1, -0.05) is 60.7 Å². The molecule has 0 radical (unpaired) electrons. The third-order valence-corrected chi connectivity index (χ3v) is 6.02. The number of carbonyl (C=O) groups is 4. The maximum atomic E-state index is 13.1. The van der Waals surface area contributed by atoms with E-state index in [-0.39, 0.29) is 31.8 Å². The summed E-state index contributed by atoms with van der Waals surface area (Å²) in [4.78, 5) is 55.3. The number of aliphatic imine (C=N–C) groups is 1. The molecule has 0 aromatic heterocycles. The van der Waals surface area contributed by atoms with Gasteiger partial charge in [0.2, 0.25) is 17.5 Å². The predicted octanol–water partition coefficient (Wildman–Crippen LogP) is -0.0205. The number of ketones is 3. The summed E-state index contributed by atoms with van der Waals surface area (Å²) in [6, 6.07) is 14.6. The zero-order valence-corrected chi connectivity index (χ0v) is 21.1. The summed E-state index contributed by atoms with van der Waals surface area (Å²) in [7, 11) is 0. The van der Waals surface area contributed by atoms with E-state index in [4.69, 9.17) is 34.5 Å². The molecular formula is C26H33ClN6O4. The third-order valence-electron chi connectivity index (χ3n) is 5.61. The quantitative estimate of drug-likeness (QED) is 0.0530. The zero-order chi connectivity index (χ0) is 27.4. The van der Waals surface area contributed by atoms with Gasteiger partial charge in [0, 0.05) is 13.0 Å². The second-order valence-corrected chi connectivity index (χ2v) is 9.03. The van der Waals surface area contributed by atoms with Crippen molar-refractivity contribution in [2.24, 2.45) is 27.9 Å². The van der Waals surface area contributed by atoms with Crippen molar-refractivity contribution in [1.29, 1.82) is 0 Å². The molecule has 11 heteroatoms. The van der Waals surface area contributed by atoms with Crippen molar-refractivity contribution in [2.75, 3.05) is 6.54 Å². The molecule has 9 N–H and O–H groups in total. The number of benzene rings is 2. The minimum absolute atomic E-state index is 0.0115. The molecule has 0 heterocycles. The van der Waals surface area contributed by atoms with Crippen LogP contribution in [-0.4, -0.2) is 59.3 Å². The van der Waals surface area contributed by atoms with Crippen LogP contribution < -0.4 is 28.3 Å². The van der Waals surface area contributed by atoms with E-state index in [2.05, 4.69) is 10.3 Å². The maximum absolute atomic E-state index is 13.1. The molecule has 1 amide bonds. The van der Waals surface area contributed by atoms with E-state index in [1.165, 1.54) is 0 Å². The van der Waals surface area contributed by atoms with Crippen molar-refractivity contribution in [1.82, 2.24) is 5.32 Å². The number of hydrogen-bond acceptors (Lipinski definition) is 7. The van der Waals surface area contributed by atoms with Crippen LogP contribution >= 0.6 is 11.6 Å². The Labute approximate surface area is 220 Å². The van der Waals surface area contributed by atoms with Crippen LogP contribution in [0.1, 0.15) is 24.0 Å². The Hall–Kier alpha value is -3.60. The Bertz CT molecular complexity index is 1090. The average molecular weight is 529 g/mol. The van der Waals surface area contributed by atoms with Crippen LogP contribution in [0.25, 0.3) is 0 Å². The highest BCUT2D eigenvalue weighted by Gasteiger charge is 2.37. The molecule has 198 valence electrons. The van der Waals surface area contributed by atoms with Crippen LogP contribution in [0.3, 0.4) is 0 Å². The van der Waals surface area contributed by atoms with Gasteiger partial charge in [0.1, 0.15) is 0 Å². The van der Waals surface area contributed by atoms with E-state index < -0.39 is 46.8 Å². The van der Waals surface area contributed by atoms with Crippen molar-refractivity contribution in [2.45, 2.75) is 49.2 Å². The molecule has 0 bridgehead atoms. The fourth-order valence-corrected chi connectivity index (χ4v) is 3.84. The number of nitrogens with zero attached hydrogens (tertiary/aromatic N) is 1. The first-order valence-corrected chi connectivity index (χ1v) is 12.2. The number of rotatable bonds is 15. The zero-order valence-electron chi connectivity index (χ0n) is 20.4. The SMILES string of the molecule is NC(N)=NCCC[C@H](N)C(=O)C(Cl)C(=O)C(=O)[C@H](Cc1ccccc1)NC(=O)[C@@H](N)Cc1ccccc1. The lowest BCUT2D eigenvalue weighted by atomic mass is 9.95. The maximum Gasteiger partial charge on any atom is 0.237 e. The first-order chi connectivity index (χ1) is 17.6. The Morgan fingerprint density at radius 2 is 1.35 bits per heavy atom. The number of halogens is 1. The second kappa shape index (κ2) is 14.8. The van der Waals surface area contributed by atoms with Crippen molar-refractivity contribution >= 4 is 40.8 Å². The fraction of sp³-hybridized carbons (Fsp3) is 0.346. The molecule has 0 aliphatic rings. The van der Waals surface area contributed by atoms with Crippen LogP contribution in [0.2, 0.25) is 0 Å². The molecule has 0 saturated heterocycles. The Morgan fingerprint density at radius 1 is 0.811 bits per heavy atom. The normalized spacial score (nSPS) is 14.0. The van der Waals surface area contributed by atoms with Crippen molar-refractivity contribution in [3.63, 3.8) is 0 Å². The molecule has 0 spiro atoms. The van der Waals surface area contributed by atoms with E-state index in [1.54, 1.807) is 30.3 Å². The number of nitrogens with two attached hydrogens (primary N) is 4. The summed E-state index contributed by atoms with van der Waals surface area (Å²) in [5.41, 5.74) is 24.0. The van der Waals surface area contributed by atoms with Gasteiger partial charge in [0.25, 0.3) is 0 Å². The van der Waals surface area contributed by atoms with Gasteiger partial charge >= 0.3 is 0 Å². The lowest BCUT2D eigenvalue weighted by molar-refractivity contribution is -0.140. The molecule has 0 aliphatic heterocycles. The molecule has 2 aromatic carbocycles. The molecule has 2 rings (SSSR count). The highest BCUT2D eigenvalue weighted by Crippen LogP contribution is 2.12. The molecule has 2 aromatic rings. The molecule has 0 saturated carbocycles. The van der Waals surface area contributed by atoms with Gasteiger partial charge in [0.05, 0.1) is 18.1 Å². The minimum Gasteiger partial charge on any atom is -0.370 e. The Kier molecular flexibility index (Phi) is 11.9. The minimum atomic E-state index is -1.79. The number of amides is 1. The molecule has 0 fully saturated rings. The number of nitrogens with one attached hydrogen (secondary N) is 1. The van der Waals surface area contributed by atoms with E-state index in [0.717, 1.165) is 5.56 Å². The smallest absolute Gasteiger partial charge is 0.237 e. The molecule has 4 atom stereocenters. The fourth-order valence-electron chi connectivity index (χ4n) is 3.57. The lowest BCUT2D eigenvalue weighted by Crippen LogP contribution is -2.53. The van der Waals surface area contributed by atoms with Crippen LogP contribution in [-0.2, 0) is 32.0 Å². The summed E-state index contributed by atoms with van der Waals surface area (Å²) in [6.07, 6.45) is 0.789. The van der Waals surface area contributed by atoms with Gasteiger partial charge in [-0.3, -0.25) is 24.2 Å². The summed E-state index contributed by atoms with van der Waals surface area (Å²) >= 11 is 6.08. The standard InChI is InChI=1S/C26H33ClN6O4/c27-21(22(34)18(28)12-7-13-32-26(30)31)24(36)23(35)20(15-17-10-5-2-6-11-17)33-25(37)19(29)14-16-8-3-1-4-9-16/h1-6,8-11,18-21H,7,12-15,28-29H2,(H,33,37)(H4,30,31,32)/t18-,19-,20-,21?/m0/s1. The van der Waals surface area contributed by atoms with E-state index in [1.807, 2.05) is 30.3 Å². The average Bonchev–Trinajstić information content (AvgIpc) is 2.89. The molecule has 37 heavy (non-hydrogen) atoms. The Balaban J connectivity index is 2.10. The van der Waals surface area contributed by atoms with E-state index in [9.17, 15) is 19.2 Å². The topological polar surface area (TPSA) is 197 Å². The van der Waals surface area contributed by atoms with Gasteiger partial charge in [-0.05, 0) is 30.4 Å². The van der Waals surface area contributed by atoms with Gasteiger partial charge in [-0.15, -0.1) is 11.6 Å². The van der Waals surface area contributed by atoms with Gasteiger partial charge < -0.3 is 28.3 Å². The van der Waals surface area contributed by atoms with Crippen LogP contribution in [0.5, 0.6) is 0 Å². The monoisotopic (exact) mass is 528 g/mol. The van der Waals surface area contributed by atoms with E-state index >= 15 is 0 Å². The first-order valence-electron chi connectivity index (χ1n) is 11.8. The first kappa shape index (κ1) is 29.6. The second-order valence-electron chi connectivity index (χ2n) is 8.60. The van der Waals surface area contributed by atoms with Crippen LogP contribution in [0.4, 0.5) is 0 Å². The van der Waals surface area contributed by atoms with Crippen molar-refractivity contribution in [3.05, 3.63) is 71.8 Å². The van der Waals surface area contributed by atoms with Gasteiger partial charge in [-0.25, -0.2) is 0 Å². The number of carbonyl (C=O) groups excluding carboxylic acids is 4. The van der Waals surface area contributed by atoms with Crippen molar-refractivity contribution < 1.29 is 19.2 Å².